The first-order chi connectivity index (χ1) is 8.22. The van der Waals surface area contributed by atoms with Crippen LogP contribution in [0.1, 0.15) is 85.5 Å². The number of rotatable bonds is 12. The van der Waals surface area contributed by atoms with Crippen LogP contribution in [0, 0.1) is 5.92 Å². The molecule has 0 fully saturated rings. The van der Waals surface area contributed by atoms with Gasteiger partial charge in [0, 0.05) is 6.04 Å². The SMILES string of the molecule is CCCCCCCCNC(CCCC)C(C)C. The minimum Gasteiger partial charge on any atom is -0.314 e. The summed E-state index contributed by atoms with van der Waals surface area (Å²) in [5.41, 5.74) is 0. The molecular formula is C16H35N. The summed E-state index contributed by atoms with van der Waals surface area (Å²) in [5, 5.41) is 3.74. The second kappa shape index (κ2) is 12.4. The Morgan fingerprint density at radius 1 is 0.765 bits per heavy atom. The summed E-state index contributed by atoms with van der Waals surface area (Å²) in [6.07, 6.45) is 12.4. The van der Waals surface area contributed by atoms with Gasteiger partial charge in [-0.15, -0.1) is 0 Å². The third-order valence-corrected chi connectivity index (χ3v) is 3.61. The summed E-state index contributed by atoms with van der Waals surface area (Å²) in [5.74, 6) is 0.779. The van der Waals surface area contributed by atoms with Gasteiger partial charge in [0.15, 0.2) is 0 Å². The Morgan fingerprint density at radius 3 is 1.94 bits per heavy atom. The van der Waals surface area contributed by atoms with Crippen LogP contribution in [0.5, 0.6) is 0 Å². The van der Waals surface area contributed by atoms with Crippen molar-refractivity contribution in [2.75, 3.05) is 6.54 Å². The van der Waals surface area contributed by atoms with Crippen LogP contribution in [0.3, 0.4) is 0 Å². The molecule has 17 heavy (non-hydrogen) atoms. The lowest BCUT2D eigenvalue weighted by atomic mass is 9.98. The molecule has 1 N–H and O–H groups in total. The van der Waals surface area contributed by atoms with Crippen molar-refractivity contribution < 1.29 is 0 Å². The lowest BCUT2D eigenvalue weighted by Gasteiger charge is -2.22. The first-order valence-electron chi connectivity index (χ1n) is 7.95. The highest BCUT2D eigenvalue weighted by Gasteiger charge is 2.10. The van der Waals surface area contributed by atoms with Crippen molar-refractivity contribution in [3.63, 3.8) is 0 Å². The van der Waals surface area contributed by atoms with Crippen molar-refractivity contribution >= 4 is 0 Å². The Morgan fingerprint density at radius 2 is 1.35 bits per heavy atom. The zero-order valence-electron chi connectivity index (χ0n) is 12.7. The van der Waals surface area contributed by atoms with E-state index in [1.54, 1.807) is 0 Å². The Bertz CT molecular complexity index is 142. The largest absolute Gasteiger partial charge is 0.314 e. The predicted molar refractivity (Wildman–Crippen MR) is 79.5 cm³/mol. The van der Waals surface area contributed by atoms with Crippen LogP contribution < -0.4 is 5.32 Å². The smallest absolute Gasteiger partial charge is 0.00900 e. The molecule has 0 saturated carbocycles. The third kappa shape index (κ3) is 10.8. The molecule has 0 aromatic rings. The predicted octanol–water partition coefficient (Wildman–Crippen LogP) is 5.15. The summed E-state index contributed by atoms with van der Waals surface area (Å²) in [6.45, 7) is 10.5. The summed E-state index contributed by atoms with van der Waals surface area (Å²) >= 11 is 0. The quantitative estimate of drug-likeness (QED) is 0.466. The number of hydrogen-bond acceptors (Lipinski definition) is 1. The summed E-state index contributed by atoms with van der Waals surface area (Å²) in [4.78, 5) is 0. The second-order valence-electron chi connectivity index (χ2n) is 5.71. The Kier molecular flexibility index (Phi) is 12.4. The van der Waals surface area contributed by atoms with Gasteiger partial charge in [-0.25, -0.2) is 0 Å². The zero-order valence-corrected chi connectivity index (χ0v) is 12.7. The average molecular weight is 241 g/mol. The van der Waals surface area contributed by atoms with E-state index >= 15 is 0 Å². The van der Waals surface area contributed by atoms with Gasteiger partial charge in [-0.1, -0.05) is 72.6 Å². The first-order valence-corrected chi connectivity index (χ1v) is 7.95. The maximum absolute atomic E-state index is 3.74. The normalized spacial score (nSPS) is 13.2. The van der Waals surface area contributed by atoms with E-state index in [9.17, 15) is 0 Å². The van der Waals surface area contributed by atoms with E-state index in [0.29, 0.717) is 0 Å². The highest BCUT2D eigenvalue weighted by Crippen LogP contribution is 2.10. The summed E-state index contributed by atoms with van der Waals surface area (Å²) < 4.78 is 0. The van der Waals surface area contributed by atoms with Crippen LogP contribution in [0.2, 0.25) is 0 Å². The van der Waals surface area contributed by atoms with Gasteiger partial charge in [-0.05, 0) is 25.3 Å². The van der Waals surface area contributed by atoms with E-state index in [4.69, 9.17) is 0 Å². The van der Waals surface area contributed by atoms with Crippen LogP contribution in [-0.2, 0) is 0 Å². The first kappa shape index (κ1) is 17.0. The van der Waals surface area contributed by atoms with Crippen LogP contribution in [0.4, 0.5) is 0 Å². The van der Waals surface area contributed by atoms with Crippen LogP contribution in [0.15, 0.2) is 0 Å². The molecule has 0 saturated heterocycles. The molecule has 0 rings (SSSR count). The van der Waals surface area contributed by atoms with Crippen molar-refractivity contribution in [2.45, 2.75) is 91.5 Å². The van der Waals surface area contributed by atoms with Gasteiger partial charge in [0.05, 0.1) is 0 Å². The molecule has 1 nitrogen and oxygen atoms in total. The summed E-state index contributed by atoms with van der Waals surface area (Å²) in [6, 6.07) is 0.741. The van der Waals surface area contributed by atoms with Crippen LogP contribution in [0.25, 0.3) is 0 Å². The third-order valence-electron chi connectivity index (χ3n) is 3.61. The minimum absolute atomic E-state index is 0.741. The Hall–Kier alpha value is -0.0400. The molecule has 0 spiro atoms. The molecule has 1 unspecified atom stereocenters. The maximum atomic E-state index is 3.74. The van der Waals surface area contributed by atoms with E-state index < -0.39 is 0 Å². The van der Waals surface area contributed by atoms with Crippen molar-refractivity contribution in [1.29, 1.82) is 0 Å². The number of hydrogen-bond donors (Lipinski definition) is 1. The lowest BCUT2D eigenvalue weighted by Crippen LogP contribution is -2.34. The van der Waals surface area contributed by atoms with Crippen LogP contribution >= 0.6 is 0 Å². The van der Waals surface area contributed by atoms with E-state index in [1.165, 1.54) is 64.3 Å². The standard InChI is InChI=1S/C16H35N/c1-5-7-9-10-11-12-14-17-16(15(3)4)13-8-6-2/h15-17H,5-14H2,1-4H3. The zero-order chi connectivity index (χ0) is 12.9. The highest BCUT2D eigenvalue weighted by molar-refractivity contribution is 4.70. The van der Waals surface area contributed by atoms with Gasteiger partial charge in [0.25, 0.3) is 0 Å². The van der Waals surface area contributed by atoms with E-state index in [1.807, 2.05) is 0 Å². The van der Waals surface area contributed by atoms with Gasteiger partial charge in [0.1, 0.15) is 0 Å². The molecular weight excluding hydrogens is 206 g/mol. The molecule has 104 valence electrons. The molecule has 0 heterocycles. The molecule has 0 aromatic heterocycles. The van der Waals surface area contributed by atoms with Crippen LogP contribution in [-0.4, -0.2) is 12.6 Å². The number of nitrogens with one attached hydrogen (secondary N) is 1. The molecule has 1 atom stereocenters. The maximum Gasteiger partial charge on any atom is 0.00900 e. The topological polar surface area (TPSA) is 12.0 Å². The summed E-state index contributed by atoms with van der Waals surface area (Å²) in [7, 11) is 0. The van der Waals surface area contributed by atoms with Gasteiger partial charge < -0.3 is 5.32 Å². The van der Waals surface area contributed by atoms with Crippen molar-refractivity contribution in [1.82, 2.24) is 5.32 Å². The second-order valence-corrected chi connectivity index (χ2v) is 5.71. The Labute approximate surface area is 110 Å². The molecule has 0 radical (unpaired) electrons. The molecule has 0 aliphatic carbocycles. The van der Waals surface area contributed by atoms with Gasteiger partial charge in [-0.3, -0.25) is 0 Å². The fourth-order valence-electron chi connectivity index (χ4n) is 2.29. The van der Waals surface area contributed by atoms with E-state index in [2.05, 4.69) is 33.0 Å². The molecule has 0 aromatic carbocycles. The minimum atomic E-state index is 0.741. The Balaban J connectivity index is 3.41. The van der Waals surface area contributed by atoms with Gasteiger partial charge in [-0.2, -0.15) is 0 Å². The van der Waals surface area contributed by atoms with E-state index in [0.717, 1.165) is 12.0 Å². The molecule has 0 aliphatic rings. The van der Waals surface area contributed by atoms with E-state index in [-0.39, 0.29) is 0 Å². The molecule has 0 aliphatic heterocycles. The fourth-order valence-corrected chi connectivity index (χ4v) is 2.29. The average Bonchev–Trinajstić information content (AvgIpc) is 2.31. The molecule has 0 amide bonds. The van der Waals surface area contributed by atoms with Crippen molar-refractivity contribution in [3.8, 4) is 0 Å². The monoisotopic (exact) mass is 241 g/mol. The van der Waals surface area contributed by atoms with Crippen molar-refractivity contribution in [3.05, 3.63) is 0 Å². The van der Waals surface area contributed by atoms with Gasteiger partial charge >= 0.3 is 0 Å². The fraction of sp³-hybridized carbons (Fsp3) is 1.00. The lowest BCUT2D eigenvalue weighted by molar-refractivity contribution is 0.364. The number of unbranched alkanes of at least 4 members (excludes halogenated alkanes) is 6. The highest BCUT2D eigenvalue weighted by atomic mass is 14.9. The molecule has 0 bridgehead atoms. The van der Waals surface area contributed by atoms with Crippen molar-refractivity contribution in [2.24, 2.45) is 5.92 Å². The van der Waals surface area contributed by atoms with Gasteiger partial charge in [0.2, 0.25) is 0 Å². The molecule has 1 heteroatoms.